The lowest BCUT2D eigenvalue weighted by Crippen LogP contribution is -2.11. The van der Waals surface area contributed by atoms with Gasteiger partial charge in [-0.2, -0.15) is 0 Å². The fraction of sp³-hybridized carbons (Fsp3) is 0.562. The summed E-state index contributed by atoms with van der Waals surface area (Å²) >= 11 is 6.33. The van der Waals surface area contributed by atoms with Crippen LogP contribution < -0.4 is 0 Å². The van der Waals surface area contributed by atoms with Crippen LogP contribution >= 0.6 is 11.6 Å². The number of benzene rings is 1. The molecule has 1 aliphatic carbocycles. The highest BCUT2D eigenvalue weighted by Crippen LogP contribution is 2.31. The molecule has 3 heteroatoms. The second kappa shape index (κ2) is 5.16. The first kappa shape index (κ1) is 13.0. The van der Waals surface area contributed by atoms with Crippen molar-refractivity contribution in [2.24, 2.45) is 5.92 Å². The second-order valence-electron chi connectivity index (χ2n) is 5.79. The van der Waals surface area contributed by atoms with Gasteiger partial charge in [-0.05, 0) is 44.2 Å². The number of halogens is 1. The Kier molecular flexibility index (Phi) is 3.53. The summed E-state index contributed by atoms with van der Waals surface area (Å²) in [5.41, 5.74) is 3.60. The van der Waals surface area contributed by atoms with E-state index < -0.39 is 0 Å². The fourth-order valence-corrected chi connectivity index (χ4v) is 3.42. The van der Waals surface area contributed by atoms with Crippen molar-refractivity contribution in [3.8, 4) is 0 Å². The SMILES string of the molecule is Cc1cccc2c1nc(C(C)Cl)n2CC1CCCC1. The van der Waals surface area contributed by atoms with E-state index in [1.54, 1.807) is 0 Å². The van der Waals surface area contributed by atoms with Crippen molar-refractivity contribution in [3.63, 3.8) is 0 Å². The molecule has 1 fully saturated rings. The van der Waals surface area contributed by atoms with E-state index in [9.17, 15) is 0 Å². The molecule has 1 aliphatic rings. The first-order valence-electron chi connectivity index (χ1n) is 7.26. The molecule has 3 rings (SSSR count). The van der Waals surface area contributed by atoms with Gasteiger partial charge in [-0.15, -0.1) is 11.6 Å². The molecule has 1 heterocycles. The maximum Gasteiger partial charge on any atom is 0.127 e. The predicted molar refractivity (Wildman–Crippen MR) is 80.7 cm³/mol. The summed E-state index contributed by atoms with van der Waals surface area (Å²) in [5.74, 6) is 1.82. The highest BCUT2D eigenvalue weighted by molar-refractivity contribution is 6.20. The number of alkyl halides is 1. The molecule has 19 heavy (non-hydrogen) atoms. The number of aromatic nitrogens is 2. The Balaban J connectivity index is 2.08. The van der Waals surface area contributed by atoms with Crippen molar-refractivity contribution in [2.75, 3.05) is 0 Å². The van der Waals surface area contributed by atoms with Gasteiger partial charge in [0.15, 0.2) is 0 Å². The third-order valence-electron chi connectivity index (χ3n) is 4.28. The number of rotatable bonds is 3. The molecule has 1 saturated carbocycles. The van der Waals surface area contributed by atoms with E-state index in [4.69, 9.17) is 16.6 Å². The normalized spacial score (nSPS) is 18.3. The third kappa shape index (κ3) is 2.38. The number of hydrogen-bond acceptors (Lipinski definition) is 1. The van der Waals surface area contributed by atoms with Crippen LogP contribution in [0.25, 0.3) is 11.0 Å². The van der Waals surface area contributed by atoms with Crippen LogP contribution in [0.4, 0.5) is 0 Å². The first-order chi connectivity index (χ1) is 9.16. The van der Waals surface area contributed by atoms with Gasteiger partial charge < -0.3 is 4.57 Å². The average molecular weight is 277 g/mol. The zero-order chi connectivity index (χ0) is 13.4. The molecule has 0 radical (unpaired) electrons. The van der Waals surface area contributed by atoms with Crippen molar-refractivity contribution < 1.29 is 0 Å². The molecule has 2 aromatic rings. The van der Waals surface area contributed by atoms with E-state index in [1.807, 2.05) is 6.92 Å². The van der Waals surface area contributed by atoms with Gasteiger partial charge in [0, 0.05) is 6.54 Å². The lowest BCUT2D eigenvalue weighted by atomic mass is 10.1. The molecule has 0 aliphatic heterocycles. The Labute approximate surface area is 119 Å². The molecule has 1 aromatic heterocycles. The van der Waals surface area contributed by atoms with Gasteiger partial charge >= 0.3 is 0 Å². The van der Waals surface area contributed by atoms with Gasteiger partial charge in [0.1, 0.15) is 5.82 Å². The molecule has 0 N–H and O–H groups in total. The first-order valence-corrected chi connectivity index (χ1v) is 7.70. The van der Waals surface area contributed by atoms with Crippen molar-refractivity contribution >= 4 is 22.6 Å². The van der Waals surface area contributed by atoms with Gasteiger partial charge in [0.25, 0.3) is 0 Å². The van der Waals surface area contributed by atoms with Crippen molar-refractivity contribution in [1.29, 1.82) is 0 Å². The molecule has 2 nitrogen and oxygen atoms in total. The predicted octanol–water partition coefficient (Wildman–Crippen LogP) is 4.83. The van der Waals surface area contributed by atoms with Gasteiger partial charge in [-0.1, -0.05) is 25.0 Å². The summed E-state index contributed by atoms with van der Waals surface area (Å²) < 4.78 is 2.36. The van der Waals surface area contributed by atoms with Crippen LogP contribution in [-0.4, -0.2) is 9.55 Å². The van der Waals surface area contributed by atoms with Crippen molar-refractivity contribution in [3.05, 3.63) is 29.6 Å². The van der Waals surface area contributed by atoms with E-state index in [2.05, 4.69) is 29.7 Å². The quantitative estimate of drug-likeness (QED) is 0.734. The second-order valence-corrected chi connectivity index (χ2v) is 6.44. The summed E-state index contributed by atoms with van der Waals surface area (Å²) in [7, 11) is 0. The van der Waals surface area contributed by atoms with Crippen molar-refractivity contribution in [1.82, 2.24) is 9.55 Å². The largest absolute Gasteiger partial charge is 0.326 e. The van der Waals surface area contributed by atoms with Gasteiger partial charge in [-0.25, -0.2) is 4.98 Å². The van der Waals surface area contributed by atoms with E-state index in [-0.39, 0.29) is 5.38 Å². The number of para-hydroxylation sites is 1. The van der Waals surface area contributed by atoms with Gasteiger partial charge in [-0.3, -0.25) is 0 Å². The maximum absolute atomic E-state index is 6.33. The number of aryl methyl sites for hydroxylation is 1. The average Bonchev–Trinajstić information content (AvgIpc) is 2.99. The van der Waals surface area contributed by atoms with Crippen molar-refractivity contribution in [2.45, 2.75) is 51.5 Å². The summed E-state index contributed by atoms with van der Waals surface area (Å²) in [6.45, 7) is 5.22. The Bertz CT molecular complexity index is 580. The molecule has 1 unspecified atom stereocenters. The summed E-state index contributed by atoms with van der Waals surface area (Å²) in [6.07, 6.45) is 5.45. The standard InChI is InChI=1S/C16H21ClN2/c1-11-6-5-9-14-15(11)18-16(12(2)17)19(14)10-13-7-3-4-8-13/h5-6,9,12-13H,3-4,7-8,10H2,1-2H3. The van der Waals surface area contributed by atoms with Crippen LogP contribution in [0.15, 0.2) is 18.2 Å². The molecule has 1 atom stereocenters. The van der Waals surface area contributed by atoms with Crippen LogP contribution in [0.2, 0.25) is 0 Å². The maximum atomic E-state index is 6.33. The Morgan fingerprint density at radius 1 is 1.37 bits per heavy atom. The Morgan fingerprint density at radius 3 is 2.79 bits per heavy atom. The van der Waals surface area contributed by atoms with E-state index in [0.29, 0.717) is 0 Å². The summed E-state index contributed by atoms with van der Waals surface area (Å²) in [6, 6.07) is 6.41. The fourth-order valence-electron chi connectivity index (χ4n) is 3.25. The number of hydrogen-bond donors (Lipinski definition) is 0. The number of fused-ring (bicyclic) bond motifs is 1. The molecule has 0 saturated heterocycles. The summed E-state index contributed by atoms with van der Waals surface area (Å²) in [4.78, 5) is 4.78. The zero-order valence-corrected chi connectivity index (χ0v) is 12.5. The van der Waals surface area contributed by atoms with Crippen LogP contribution in [-0.2, 0) is 6.54 Å². The highest BCUT2D eigenvalue weighted by atomic mass is 35.5. The minimum absolute atomic E-state index is 0.0341. The van der Waals surface area contributed by atoms with Crippen LogP contribution in [0.5, 0.6) is 0 Å². The topological polar surface area (TPSA) is 17.8 Å². The summed E-state index contributed by atoms with van der Waals surface area (Å²) in [5, 5.41) is -0.0341. The molecule has 0 bridgehead atoms. The molecule has 102 valence electrons. The lowest BCUT2D eigenvalue weighted by molar-refractivity contribution is 0.454. The van der Waals surface area contributed by atoms with Gasteiger partial charge in [0.05, 0.1) is 16.4 Å². The molecular weight excluding hydrogens is 256 g/mol. The van der Waals surface area contributed by atoms with E-state index >= 15 is 0 Å². The zero-order valence-electron chi connectivity index (χ0n) is 11.7. The Morgan fingerprint density at radius 2 is 2.11 bits per heavy atom. The van der Waals surface area contributed by atoms with E-state index in [1.165, 1.54) is 36.8 Å². The highest BCUT2D eigenvalue weighted by Gasteiger charge is 2.21. The Hall–Kier alpha value is -1.02. The van der Waals surface area contributed by atoms with E-state index in [0.717, 1.165) is 23.8 Å². The monoisotopic (exact) mass is 276 g/mol. The third-order valence-corrected chi connectivity index (χ3v) is 4.48. The number of nitrogens with zero attached hydrogens (tertiary/aromatic N) is 2. The van der Waals surface area contributed by atoms with Gasteiger partial charge in [0.2, 0.25) is 0 Å². The van der Waals surface area contributed by atoms with Crippen LogP contribution in [0.3, 0.4) is 0 Å². The molecule has 0 spiro atoms. The lowest BCUT2D eigenvalue weighted by Gasteiger charge is -2.15. The molecule has 1 aromatic carbocycles. The van der Waals surface area contributed by atoms with Crippen LogP contribution in [0, 0.1) is 12.8 Å². The van der Waals surface area contributed by atoms with Crippen LogP contribution in [0.1, 0.15) is 49.4 Å². The number of imidazole rings is 1. The molecule has 0 amide bonds. The minimum atomic E-state index is -0.0341. The molecular formula is C16H21ClN2. The smallest absolute Gasteiger partial charge is 0.127 e. The minimum Gasteiger partial charge on any atom is -0.326 e.